The molecule has 1 aromatic rings. The average molecular weight is 252 g/mol. The summed E-state index contributed by atoms with van der Waals surface area (Å²) in [5.74, 6) is 1.96. The number of ether oxygens (including phenoxy) is 1. The van der Waals surface area contributed by atoms with Crippen LogP contribution in [-0.4, -0.2) is 43.8 Å². The second kappa shape index (κ2) is 6.36. The highest BCUT2D eigenvalue weighted by Gasteiger charge is 2.20. The second-order valence-corrected chi connectivity index (χ2v) is 4.96. The van der Waals surface area contributed by atoms with Crippen molar-refractivity contribution in [2.75, 3.05) is 32.8 Å². The Hall–Kier alpha value is -0.840. The lowest BCUT2D eigenvalue weighted by Gasteiger charge is -2.32. The third-order valence-corrected chi connectivity index (χ3v) is 3.51. The number of hydrogen-bond acceptors (Lipinski definition) is 4. The summed E-state index contributed by atoms with van der Waals surface area (Å²) in [4.78, 5) is 2.43. The van der Waals surface area contributed by atoms with E-state index < -0.39 is 0 Å². The summed E-state index contributed by atoms with van der Waals surface area (Å²) in [6, 6.07) is 4.27. The lowest BCUT2D eigenvalue weighted by Crippen LogP contribution is -2.46. The van der Waals surface area contributed by atoms with E-state index >= 15 is 0 Å². The fourth-order valence-electron chi connectivity index (χ4n) is 2.29. The number of hydrogen-bond donors (Lipinski definition) is 1. The quantitative estimate of drug-likeness (QED) is 0.869. The van der Waals surface area contributed by atoms with Gasteiger partial charge >= 0.3 is 0 Å². The summed E-state index contributed by atoms with van der Waals surface area (Å²) in [5, 5.41) is 3.48. The largest absolute Gasteiger partial charge is 0.465 e. The van der Waals surface area contributed by atoms with Gasteiger partial charge < -0.3 is 14.5 Å². The zero-order valence-electron chi connectivity index (χ0n) is 11.6. The van der Waals surface area contributed by atoms with Gasteiger partial charge in [0.15, 0.2) is 0 Å². The third kappa shape index (κ3) is 3.57. The maximum absolute atomic E-state index is 5.77. The Labute approximate surface area is 109 Å². The van der Waals surface area contributed by atoms with Crippen LogP contribution in [0, 0.1) is 6.92 Å². The molecule has 1 aliphatic heterocycles. The minimum atomic E-state index is 0.235. The zero-order valence-corrected chi connectivity index (χ0v) is 11.6. The van der Waals surface area contributed by atoms with Gasteiger partial charge in [0.1, 0.15) is 11.5 Å². The SMILES string of the molecule is CCN1CCOC(CNC(C)c2ccc(C)o2)C1. The molecule has 2 atom stereocenters. The predicted molar refractivity (Wildman–Crippen MR) is 71.7 cm³/mol. The molecule has 2 rings (SSSR count). The van der Waals surface area contributed by atoms with Gasteiger partial charge in [-0.25, -0.2) is 0 Å². The van der Waals surface area contributed by atoms with Gasteiger partial charge in [0.25, 0.3) is 0 Å². The number of morpholine rings is 1. The summed E-state index contributed by atoms with van der Waals surface area (Å²) < 4.78 is 11.4. The van der Waals surface area contributed by atoms with Crippen molar-refractivity contribution >= 4 is 0 Å². The van der Waals surface area contributed by atoms with Gasteiger partial charge in [0.05, 0.1) is 18.8 Å². The van der Waals surface area contributed by atoms with E-state index in [0.717, 1.165) is 44.3 Å². The molecule has 2 heterocycles. The zero-order chi connectivity index (χ0) is 13.0. The first kappa shape index (κ1) is 13.6. The number of furan rings is 1. The minimum absolute atomic E-state index is 0.235. The highest BCUT2D eigenvalue weighted by atomic mass is 16.5. The van der Waals surface area contributed by atoms with E-state index in [4.69, 9.17) is 9.15 Å². The van der Waals surface area contributed by atoms with Crippen LogP contribution in [0.4, 0.5) is 0 Å². The predicted octanol–water partition coefficient (Wildman–Crippen LogP) is 1.96. The summed E-state index contributed by atoms with van der Waals surface area (Å²) in [7, 11) is 0. The summed E-state index contributed by atoms with van der Waals surface area (Å²) in [5.41, 5.74) is 0. The summed E-state index contributed by atoms with van der Waals surface area (Å²) in [6.07, 6.45) is 0.289. The smallest absolute Gasteiger partial charge is 0.120 e. The van der Waals surface area contributed by atoms with Crippen LogP contribution < -0.4 is 5.32 Å². The van der Waals surface area contributed by atoms with Crippen molar-refractivity contribution in [2.24, 2.45) is 0 Å². The van der Waals surface area contributed by atoms with Crippen LogP contribution in [0.2, 0.25) is 0 Å². The van der Waals surface area contributed by atoms with Crippen LogP contribution in [-0.2, 0) is 4.74 Å². The van der Waals surface area contributed by atoms with Gasteiger partial charge in [-0.3, -0.25) is 4.90 Å². The molecule has 1 saturated heterocycles. The highest BCUT2D eigenvalue weighted by Crippen LogP contribution is 2.15. The van der Waals surface area contributed by atoms with Gasteiger partial charge in [-0.1, -0.05) is 6.92 Å². The van der Waals surface area contributed by atoms with Crippen molar-refractivity contribution in [3.05, 3.63) is 23.7 Å². The Morgan fingerprint density at radius 1 is 1.50 bits per heavy atom. The second-order valence-electron chi connectivity index (χ2n) is 4.96. The molecular formula is C14H24N2O2. The monoisotopic (exact) mass is 252 g/mol. The number of rotatable bonds is 5. The number of aryl methyl sites for hydroxylation is 1. The Kier molecular flexibility index (Phi) is 4.80. The molecule has 4 nitrogen and oxygen atoms in total. The first-order valence-electron chi connectivity index (χ1n) is 6.82. The van der Waals surface area contributed by atoms with E-state index in [2.05, 4.69) is 24.1 Å². The Morgan fingerprint density at radius 2 is 2.33 bits per heavy atom. The normalized spacial score (nSPS) is 23.2. The molecule has 1 aromatic heterocycles. The Bertz CT molecular complexity index is 364. The number of nitrogens with one attached hydrogen (secondary N) is 1. The summed E-state index contributed by atoms with van der Waals surface area (Å²) >= 11 is 0. The van der Waals surface area contributed by atoms with Crippen molar-refractivity contribution in [1.29, 1.82) is 0 Å². The molecule has 0 aromatic carbocycles. The Balaban J connectivity index is 1.77. The average Bonchev–Trinajstić information content (AvgIpc) is 2.83. The van der Waals surface area contributed by atoms with E-state index in [1.807, 2.05) is 19.1 Å². The molecule has 0 amide bonds. The number of likely N-dealkylation sites (N-methyl/N-ethyl adjacent to an activating group) is 1. The molecule has 0 radical (unpaired) electrons. The van der Waals surface area contributed by atoms with Gasteiger partial charge in [-0.05, 0) is 32.5 Å². The molecule has 0 spiro atoms. The van der Waals surface area contributed by atoms with Crippen molar-refractivity contribution < 1.29 is 9.15 Å². The molecule has 1 fully saturated rings. The molecule has 18 heavy (non-hydrogen) atoms. The van der Waals surface area contributed by atoms with Gasteiger partial charge in [-0.2, -0.15) is 0 Å². The standard InChI is InChI=1S/C14H24N2O2/c1-4-16-7-8-17-13(10-16)9-15-12(3)14-6-5-11(2)18-14/h5-6,12-13,15H,4,7-10H2,1-3H3. The van der Waals surface area contributed by atoms with Crippen LogP contribution in [0.25, 0.3) is 0 Å². The first-order chi connectivity index (χ1) is 8.69. The lowest BCUT2D eigenvalue weighted by molar-refractivity contribution is -0.0264. The molecule has 1 N–H and O–H groups in total. The molecule has 4 heteroatoms. The van der Waals surface area contributed by atoms with E-state index in [1.54, 1.807) is 0 Å². The fraction of sp³-hybridized carbons (Fsp3) is 0.714. The molecular weight excluding hydrogens is 228 g/mol. The van der Waals surface area contributed by atoms with Crippen molar-refractivity contribution in [3.63, 3.8) is 0 Å². The van der Waals surface area contributed by atoms with Crippen LogP contribution in [0.5, 0.6) is 0 Å². The molecule has 0 bridgehead atoms. The fourth-order valence-corrected chi connectivity index (χ4v) is 2.29. The van der Waals surface area contributed by atoms with Crippen molar-refractivity contribution in [3.8, 4) is 0 Å². The topological polar surface area (TPSA) is 37.6 Å². The highest BCUT2D eigenvalue weighted by molar-refractivity contribution is 5.08. The molecule has 2 unspecified atom stereocenters. The van der Waals surface area contributed by atoms with E-state index in [0.29, 0.717) is 0 Å². The van der Waals surface area contributed by atoms with E-state index in [1.165, 1.54) is 0 Å². The van der Waals surface area contributed by atoms with Gasteiger partial charge in [0.2, 0.25) is 0 Å². The van der Waals surface area contributed by atoms with Crippen molar-refractivity contribution in [1.82, 2.24) is 10.2 Å². The first-order valence-corrected chi connectivity index (χ1v) is 6.82. The molecule has 0 aliphatic carbocycles. The Morgan fingerprint density at radius 3 is 3.00 bits per heavy atom. The van der Waals surface area contributed by atoms with Crippen LogP contribution in [0.3, 0.4) is 0 Å². The maximum Gasteiger partial charge on any atom is 0.120 e. The van der Waals surface area contributed by atoms with Crippen LogP contribution in [0.15, 0.2) is 16.5 Å². The molecule has 102 valence electrons. The van der Waals surface area contributed by atoms with E-state index in [-0.39, 0.29) is 12.1 Å². The van der Waals surface area contributed by atoms with Crippen LogP contribution >= 0.6 is 0 Å². The van der Waals surface area contributed by atoms with E-state index in [9.17, 15) is 0 Å². The van der Waals surface area contributed by atoms with Crippen molar-refractivity contribution in [2.45, 2.75) is 32.9 Å². The van der Waals surface area contributed by atoms with Gasteiger partial charge in [-0.15, -0.1) is 0 Å². The van der Waals surface area contributed by atoms with Gasteiger partial charge in [0, 0.05) is 19.6 Å². The number of nitrogens with zero attached hydrogens (tertiary/aromatic N) is 1. The maximum atomic E-state index is 5.77. The summed E-state index contributed by atoms with van der Waals surface area (Å²) in [6.45, 7) is 11.2. The molecule has 0 saturated carbocycles. The molecule has 1 aliphatic rings. The third-order valence-electron chi connectivity index (χ3n) is 3.51. The van der Waals surface area contributed by atoms with Crippen LogP contribution in [0.1, 0.15) is 31.4 Å². The lowest BCUT2D eigenvalue weighted by atomic mass is 10.2. The minimum Gasteiger partial charge on any atom is -0.465 e.